The van der Waals surface area contributed by atoms with Crippen LogP contribution in [0.1, 0.15) is 42.0 Å². The number of aryl methyl sites for hydroxylation is 2. The number of phenols is 1. The number of hydrogen-bond acceptors (Lipinski definition) is 5. The van der Waals surface area contributed by atoms with Crippen LogP contribution in [0.3, 0.4) is 0 Å². The molecule has 0 aromatic heterocycles. The van der Waals surface area contributed by atoms with Gasteiger partial charge in [-0.1, -0.05) is 43.2 Å². The van der Waals surface area contributed by atoms with Crippen molar-refractivity contribution in [3.63, 3.8) is 0 Å². The van der Waals surface area contributed by atoms with Crippen LogP contribution in [0.4, 0.5) is 5.69 Å². The van der Waals surface area contributed by atoms with Crippen LogP contribution in [0.2, 0.25) is 0 Å². The quantitative estimate of drug-likeness (QED) is 0.613. The van der Waals surface area contributed by atoms with E-state index in [2.05, 4.69) is 10.6 Å². The number of nitrogens with one attached hydrogen (secondary N) is 2. The van der Waals surface area contributed by atoms with Crippen molar-refractivity contribution in [1.29, 1.82) is 0 Å². The molecule has 0 unspecified atom stereocenters. The van der Waals surface area contributed by atoms with E-state index in [9.17, 15) is 19.5 Å². The molecule has 4 atom stereocenters. The van der Waals surface area contributed by atoms with Gasteiger partial charge in [0.25, 0.3) is 0 Å². The lowest BCUT2D eigenvalue weighted by Crippen LogP contribution is -2.53. The minimum Gasteiger partial charge on any atom is -0.508 e. The van der Waals surface area contributed by atoms with E-state index in [-0.39, 0.29) is 29.5 Å². The van der Waals surface area contributed by atoms with Gasteiger partial charge in [-0.2, -0.15) is 0 Å². The number of likely N-dealkylation sites (tertiary alicyclic amines) is 1. The van der Waals surface area contributed by atoms with Gasteiger partial charge < -0.3 is 10.4 Å². The van der Waals surface area contributed by atoms with Crippen molar-refractivity contribution in [3.8, 4) is 5.75 Å². The average Bonchev–Trinajstić information content (AvgIpc) is 3.34. The lowest BCUT2D eigenvalue weighted by Gasteiger charge is -2.30. The number of nitrogens with zero attached hydrogens (tertiary/aromatic N) is 1. The Morgan fingerprint density at radius 2 is 1.79 bits per heavy atom. The molecule has 2 aromatic carbocycles. The number of fused-ring (bicyclic) bond motifs is 4. The van der Waals surface area contributed by atoms with E-state index in [0.29, 0.717) is 13.0 Å². The van der Waals surface area contributed by atoms with Crippen molar-refractivity contribution in [2.24, 2.45) is 11.8 Å². The van der Waals surface area contributed by atoms with E-state index in [4.69, 9.17) is 0 Å². The number of carbonyl (C=O) groups is 3. The molecule has 2 fully saturated rings. The Morgan fingerprint density at radius 3 is 2.48 bits per heavy atom. The zero-order chi connectivity index (χ0) is 23.5. The maximum absolute atomic E-state index is 13.7. The summed E-state index contributed by atoms with van der Waals surface area (Å²) in [6, 6.07) is 10.4. The lowest BCUT2D eigenvalue weighted by molar-refractivity contribution is -0.142. The third kappa shape index (κ3) is 3.09. The number of amides is 3. The second-order valence-electron chi connectivity index (χ2n) is 9.57. The SMILES string of the molecule is CCCCN1C(=O)[C@H]2[C@@H](C1=O)[C@@]1(N[C@@H]2Cc2ccc(O)cc2)C(=O)Nc2c(C)cc(C)cc21. The van der Waals surface area contributed by atoms with Gasteiger partial charge in [-0.3, -0.25) is 24.6 Å². The van der Waals surface area contributed by atoms with Crippen molar-refractivity contribution in [1.82, 2.24) is 10.2 Å². The molecule has 3 aliphatic rings. The van der Waals surface area contributed by atoms with Crippen LogP contribution in [-0.2, 0) is 26.3 Å². The zero-order valence-electron chi connectivity index (χ0n) is 19.1. The molecule has 3 aliphatic heterocycles. The van der Waals surface area contributed by atoms with Crippen LogP contribution in [-0.4, -0.2) is 40.3 Å². The third-order valence-electron chi connectivity index (χ3n) is 7.38. The van der Waals surface area contributed by atoms with Crippen molar-refractivity contribution < 1.29 is 19.5 Å². The van der Waals surface area contributed by atoms with E-state index in [0.717, 1.165) is 40.8 Å². The first-order valence-corrected chi connectivity index (χ1v) is 11.6. The van der Waals surface area contributed by atoms with Crippen LogP contribution in [0, 0.1) is 25.7 Å². The minimum atomic E-state index is -1.27. The first-order chi connectivity index (χ1) is 15.8. The molecule has 0 aliphatic carbocycles. The first-order valence-electron chi connectivity index (χ1n) is 11.6. The predicted molar refractivity (Wildman–Crippen MR) is 124 cm³/mol. The number of rotatable bonds is 5. The fourth-order valence-corrected chi connectivity index (χ4v) is 5.92. The van der Waals surface area contributed by atoms with Crippen molar-refractivity contribution in [2.75, 3.05) is 11.9 Å². The largest absolute Gasteiger partial charge is 0.508 e. The maximum Gasteiger partial charge on any atom is 0.250 e. The summed E-state index contributed by atoms with van der Waals surface area (Å²) in [5.74, 6) is -1.97. The molecule has 0 radical (unpaired) electrons. The Bertz CT molecular complexity index is 1160. The molecule has 3 amide bonds. The standard InChI is InChI=1S/C26H29N3O4/c1-4-5-10-29-23(31)20-19(13-16-6-8-17(30)9-7-16)28-26(21(20)24(29)32)18-12-14(2)11-15(3)22(18)27-25(26)33/h6-9,11-12,19-21,28,30H,4-5,10,13H2,1-3H3,(H,27,33)/t19-,20-,21+,26-/m1/s1. The number of carbonyl (C=O) groups excluding carboxylic acids is 3. The maximum atomic E-state index is 13.7. The number of unbranched alkanes of at least 4 members (excludes halogenated alkanes) is 1. The smallest absolute Gasteiger partial charge is 0.250 e. The molecule has 7 nitrogen and oxygen atoms in total. The number of phenolic OH excluding ortho intramolecular Hbond substituents is 1. The first kappa shape index (κ1) is 21.6. The van der Waals surface area contributed by atoms with Gasteiger partial charge in [-0.25, -0.2) is 0 Å². The lowest BCUT2D eigenvalue weighted by atomic mass is 9.75. The van der Waals surface area contributed by atoms with Gasteiger partial charge in [0.15, 0.2) is 0 Å². The minimum absolute atomic E-state index is 0.167. The summed E-state index contributed by atoms with van der Waals surface area (Å²) in [7, 11) is 0. The summed E-state index contributed by atoms with van der Waals surface area (Å²) in [4.78, 5) is 42.2. The molecular formula is C26H29N3O4. The van der Waals surface area contributed by atoms with Crippen LogP contribution < -0.4 is 10.6 Å². The Balaban J connectivity index is 1.63. The van der Waals surface area contributed by atoms with Crippen molar-refractivity contribution in [3.05, 3.63) is 58.7 Å². The second kappa shape index (κ2) is 7.70. The molecule has 2 aromatic rings. The van der Waals surface area contributed by atoms with Crippen LogP contribution in [0.25, 0.3) is 0 Å². The summed E-state index contributed by atoms with van der Waals surface area (Å²) < 4.78 is 0. The Hall–Kier alpha value is -3.19. The van der Waals surface area contributed by atoms with Crippen molar-refractivity contribution in [2.45, 2.75) is 51.6 Å². The molecule has 0 bridgehead atoms. The number of benzene rings is 2. The molecule has 5 rings (SSSR count). The third-order valence-corrected chi connectivity index (χ3v) is 7.38. The molecule has 1 spiro atoms. The number of aromatic hydroxyl groups is 1. The number of imide groups is 1. The highest BCUT2D eigenvalue weighted by molar-refractivity contribution is 6.15. The fourth-order valence-electron chi connectivity index (χ4n) is 5.92. The monoisotopic (exact) mass is 447 g/mol. The van der Waals surface area contributed by atoms with E-state index in [1.165, 1.54) is 4.90 Å². The molecule has 3 heterocycles. The van der Waals surface area contributed by atoms with E-state index in [1.54, 1.807) is 12.1 Å². The molecule has 33 heavy (non-hydrogen) atoms. The number of anilines is 1. The van der Waals surface area contributed by atoms with Gasteiger partial charge in [0.2, 0.25) is 17.7 Å². The molecule has 0 saturated carbocycles. The van der Waals surface area contributed by atoms with E-state index >= 15 is 0 Å². The normalized spacial score (nSPS) is 27.9. The van der Waals surface area contributed by atoms with Gasteiger partial charge in [0, 0.05) is 23.8 Å². The number of hydrogen-bond donors (Lipinski definition) is 3. The summed E-state index contributed by atoms with van der Waals surface area (Å²) >= 11 is 0. The van der Waals surface area contributed by atoms with Gasteiger partial charge in [-0.05, 0) is 49.9 Å². The molecular weight excluding hydrogens is 418 g/mol. The Morgan fingerprint density at radius 1 is 1.06 bits per heavy atom. The van der Waals surface area contributed by atoms with Crippen LogP contribution in [0.15, 0.2) is 36.4 Å². The predicted octanol–water partition coefficient (Wildman–Crippen LogP) is 2.77. The molecule has 3 N–H and O–H groups in total. The van der Waals surface area contributed by atoms with Gasteiger partial charge in [0.1, 0.15) is 11.3 Å². The Kier molecular flexibility index (Phi) is 5.05. The molecule has 2 saturated heterocycles. The van der Waals surface area contributed by atoms with E-state index in [1.807, 2.05) is 45.0 Å². The van der Waals surface area contributed by atoms with E-state index < -0.39 is 17.4 Å². The Labute approximate surface area is 193 Å². The van der Waals surface area contributed by atoms with Crippen molar-refractivity contribution >= 4 is 23.4 Å². The van der Waals surface area contributed by atoms with Gasteiger partial charge >= 0.3 is 0 Å². The highest BCUT2D eigenvalue weighted by Crippen LogP contribution is 2.54. The molecule has 172 valence electrons. The fraction of sp³-hybridized carbons (Fsp3) is 0.423. The summed E-state index contributed by atoms with van der Waals surface area (Å²) in [6.45, 7) is 6.32. The highest BCUT2D eigenvalue weighted by atomic mass is 16.3. The summed E-state index contributed by atoms with van der Waals surface area (Å²) in [6.07, 6.45) is 2.08. The van der Waals surface area contributed by atoms with Crippen LogP contribution in [0.5, 0.6) is 5.75 Å². The molecule has 7 heteroatoms. The highest BCUT2D eigenvalue weighted by Gasteiger charge is 2.70. The van der Waals surface area contributed by atoms with Gasteiger partial charge in [0.05, 0.1) is 11.8 Å². The summed E-state index contributed by atoms with van der Waals surface area (Å²) in [5.41, 5.74) is 3.08. The average molecular weight is 448 g/mol. The summed E-state index contributed by atoms with van der Waals surface area (Å²) in [5, 5.41) is 16.1. The van der Waals surface area contributed by atoms with Crippen LogP contribution >= 0.6 is 0 Å². The second-order valence-corrected chi connectivity index (χ2v) is 9.57. The zero-order valence-corrected chi connectivity index (χ0v) is 19.1. The van der Waals surface area contributed by atoms with Gasteiger partial charge in [-0.15, -0.1) is 0 Å². The topological polar surface area (TPSA) is 98.7 Å².